The molecule has 0 heterocycles. The molecule has 1 rings (SSSR count). The van der Waals surface area contributed by atoms with Gasteiger partial charge in [-0.3, -0.25) is 0 Å². The SMILES string of the molecule is Cc1cccc(CCP)c1. The van der Waals surface area contributed by atoms with E-state index in [-0.39, 0.29) is 0 Å². The molecule has 54 valence electrons. The van der Waals surface area contributed by atoms with E-state index in [0.29, 0.717) is 0 Å². The van der Waals surface area contributed by atoms with Gasteiger partial charge in [-0.2, -0.15) is 0 Å². The van der Waals surface area contributed by atoms with Crippen LogP contribution in [0.15, 0.2) is 24.3 Å². The second-order valence-corrected chi connectivity index (χ2v) is 3.11. The minimum absolute atomic E-state index is 1.16. The molecule has 1 atom stereocenters. The van der Waals surface area contributed by atoms with Crippen molar-refractivity contribution in [1.82, 2.24) is 0 Å². The molecule has 0 aromatic heterocycles. The molecule has 0 radical (unpaired) electrons. The molecule has 0 aliphatic heterocycles. The predicted octanol–water partition coefficient (Wildman–Crippen LogP) is 2.41. The lowest BCUT2D eigenvalue weighted by Crippen LogP contribution is -1.84. The minimum Gasteiger partial charge on any atom is -0.137 e. The van der Waals surface area contributed by atoms with Crippen molar-refractivity contribution in [2.45, 2.75) is 13.3 Å². The first-order valence-corrected chi connectivity index (χ1v) is 4.40. The van der Waals surface area contributed by atoms with Gasteiger partial charge < -0.3 is 0 Å². The van der Waals surface area contributed by atoms with Crippen LogP contribution in [0.5, 0.6) is 0 Å². The first kappa shape index (κ1) is 7.75. The summed E-state index contributed by atoms with van der Waals surface area (Å²) in [5.41, 5.74) is 2.80. The van der Waals surface area contributed by atoms with E-state index >= 15 is 0 Å². The average molecular weight is 152 g/mol. The van der Waals surface area contributed by atoms with Gasteiger partial charge in [0.2, 0.25) is 0 Å². The lowest BCUT2D eigenvalue weighted by molar-refractivity contribution is 1.15. The smallest absolute Gasteiger partial charge is 0.0244 e. The van der Waals surface area contributed by atoms with Crippen molar-refractivity contribution in [2.24, 2.45) is 0 Å². The van der Waals surface area contributed by atoms with E-state index in [9.17, 15) is 0 Å². The molecule has 0 aliphatic carbocycles. The Morgan fingerprint density at radius 3 is 2.80 bits per heavy atom. The number of aryl methyl sites for hydroxylation is 2. The second-order valence-electron chi connectivity index (χ2n) is 2.53. The number of benzene rings is 1. The van der Waals surface area contributed by atoms with E-state index < -0.39 is 0 Å². The predicted molar refractivity (Wildman–Crippen MR) is 49.5 cm³/mol. The molecule has 0 saturated carbocycles. The third-order valence-electron chi connectivity index (χ3n) is 1.52. The largest absolute Gasteiger partial charge is 0.137 e. The van der Waals surface area contributed by atoms with Crippen molar-refractivity contribution in [2.75, 3.05) is 6.16 Å². The summed E-state index contributed by atoms with van der Waals surface area (Å²) in [4.78, 5) is 0. The summed E-state index contributed by atoms with van der Waals surface area (Å²) in [6.07, 6.45) is 2.33. The molecule has 1 heteroatoms. The van der Waals surface area contributed by atoms with Gasteiger partial charge in [0.1, 0.15) is 0 Å². The van der Waals surface area contributed by atoms with Crippen LogP contribution in [-0.4, -0.2) is 6.16 Å². The number of rotatable bonds is 2. The van der Waals surface area contributed by atoms with Crippen LogP contribution in [0.4, 0.5) is 0 Å². The Hall–Kier alpha value is -0.350. The van der Waals surface area contributed by atoms with Crippen molar-refractivity contribution in [3.05, 3.63) is 35.4 Å². The van der Waals surface area contributed by atoms with E-state index in [1.165, 1.54) is 17.5 Å². The Balaban J connectivity index is 2.75. The fourth-order valence-corrected chi connectivity index (χ4v) is 1.37. The van der Waals surface area contributed by atoms with Crippen LogP contribution in [0, 0.1) is 6.92 Å². The van der Waals surface area contributed by atoms with Crippen LogP contribution in [0.3, 0.4) is 0 Å². The van der Waals surface area contributed by atoms with Gasteiger partial charge in [0.25, 0.3) is 0 Å². The first-order valence-electron chi connectivity index (χ1n) is 3.58. The van der Waals surface area contributed by atoms with Gasteiger partial charge >= 0.3 is 0 Å². The fourth-order valence-electron chi connectivity index (χ4n) is 1.03. The van der Waals surface area contributed by atoms with Gasteiger partial charge in [-0.25, -0.2) is 0 Å². The number of hydrogen-bond acceptors (Lipinski definition) is 0. The topological polar surface area (TPSA) is 0 Å². The van der Waals surface area contributed by atoms with Crippen LogP contribution >= 0.6 is 9.24 Å². The quantitative estimate of drug-likeness (QED) is 0.571. The van der Waals surface area contributed by atoms with E-state index in [0.717, 1.165) is 6.16 Å². The monoisotopic (exact) mass is 152 g/mol. The van der Waals surface area contributed by atoms with E-state index in [4.69, 9.17) is 0 Å². The normalized spacial score (nSPS) is 9.80. The zero-order chi connectivity index (χ0) is 7.40. The van der Waals surface area contributed by atoms with Crippen molar-refractivity contribution in [3.63, 3.8) is 0 Å². The summed E-state index contributed by atoms with van der Waals surface area (Å²) in [6.45, 7) is 2.13. The van der Waals surface area contributed by atoms with Crippen LogP contribution in [0.1, 0.15) is 11.1 Å². The summed E-state index contributed by atoms with van der Waals surface area (Å²) < 4.78 is 0. The Bertz CT molecular complexity index is 206. The molecule has 0 nitrogen and oxygen atoms in total. The molecular weight excluding hydrogens is 139 g/mol. The number of hydrogen-bond donors (Lipinski definition) is 0. The summed E-state index contributed by atoms with van der Waals surface area (Å²) in [6, 6.07) is 8.67. The molecule has 1 aromatic rings. The molecular formula is C9H13P. The first-order chi connectivity index (χ1) is 4.83. The molecule has 0 spiro atoms. The lowest BCUT2D eigenvalue weighted by atomic mass is 10.1. The van der Waals surface area contributed by atoms with E-state index in [2.05, 4.69) is 40.4 Å². The molecule has 1 unspecified atom stereocenters. The van der Waals surface area contributed by atoms with Gasteiger partial charge in [-0.05, 0) is 25.1 Å². The Kier molecular flexibility index (Phi) is 2.89. The molecule has 0 aliphatic rings. The van der Waals surface area contributed by atoms with Crippen molar-refractivity contribution < 1.29 is 0 Å². The highest BCUT2D eigenvalue weighted by Crippen LogP contribution is 2.05. The standard InChI is InChI=1S/C9H13P/c1-8-3-2-4-9(7-8)5-6-10/h2-4,7H,5-6,10H2,1H3. The highest BCUT2D eigenvalue weighted by molar-refractivity contribution is 7.16. The maximum atomic E-state index is 2.74. The Morgan fingerprint density at radius 1 is 1.40 bits per heavy atom. The average Bonchev–Trinajstić information content (AvgIpc) is 1.88. The molecule has 10 heavy (non-hydrogen) atoms. The van der Waals surface area contributed by atoms with Crippen molar-refractivity contribution in [1.29, 1.82) is 0 Å². The highest BCUT2D eigenvalue weighted by Gasteiger charge is 1.88. The molecule has 0 bridgehead atoms. The van der Waals surface area contributed by atoms with Crippen LogP contribution in [0.2, 0.25) is 0 Å². The third-order valence-corrected chi connectivity index (χ3v) is 1.80. The highest BCUT2D eigenvalue weighted by atomic mass is 31.0. The van der Waals surface area contributed by atoms with Crippen LogP contribution in [-0.2, 0) is 6.42 Å². The molecule has 0 amide bonds. The molecule has 0 saturated heterocycles. The minimum atomic E-state index is 1.16. The summed E-state index contributed by atoms with van der Waals surface area (Å²) >= 11 is 0. The van der Waals surface area contributed by atoms with E-state index in [1.54, 1.807) is 0 Å². The van der Waals surface area contributed by atoms with Gasteiger partial charge in [-0.15, -0.1) is 9.24 Å². The van der Waals surface area contributed by atoms with Crippen molar-refractivity contribution in [3.8, 4) is 0 Å². The Labute approximate surface area is 64.9 Å². The maximum Gasteiger partial charge on any atom is -0.0244 e. The maximum absolute atomic E-state index is 2.74. The van der Waals surface area contributed by atoms with Gasteiger partial charge in [0.05, 0.1) is 0 Å². The second kappa shape index (κ2) is 3.73. The zero-order valence-corrected chi connectivity index (χ0v) is 7.46. The van der Waals surface area contributed by atoms with E-state index in [1.807, 2.05) is 0 Å². The van der Waals surface area contributed by atoms with Crippen LogP contribution < -0.4 is 0 Å². The summed E-state index contributed by atoms with van der Waals surface area (Å²) in [5, 5.41) is 0. The molecule has 1 aromatic carbocycles. The molecule has 0 N–H and O–H groups in total. The fraction of sp³-hybridized carbons (Fsp3) is 0.333. The van der Waals surface area contributed by atoms with Crippen LogP contribution in [0.25, 0.3) is 0 Å². The molecule has 0 fully saturated rings. The van der Waals surface area contributed by atoms with Crippen molar-refractivity contribution >= 4 is 9.24 Å². The Morgan fingerprint density at radius 2 is 2.20 bits per heavy atom. The lowest BCUT2D eigenvalue weighted by Gasteiger charge is -1.97. The summed E-state index contributed by atoms with van der Waals surface area (Å²) in [5.74, 6) is 0. The van der Waals surface area contributed by atoms with Gasteiger partial charge in [0.15, 0.2) is 0 Å². The summed E-state index contributed by atoms with van der Waals surface area (Å²) in [7, 11) is 2.74. The third kappa shape index (κ3) is 2.11. The van der Waals surface area contributed by atoms with Gasteiger partial charge in [-0.1, -0.05) is 29.8 Å². The van der Waals surface area contributed by atoms with Gasteiger partial charge in [0, 0.05) is 0 Å². The zero-order valence-electron chi connectivity index (χ0n) is 6.30.